The lowest BCUT2D eigenvalue weighted by Gasteiger charge is -2.00. The van der Waals surface area contributed by atoms with Crippen LogP contribution in [0.1, 0.15) is 25.9 Å². The number of thiazole rings is 1. The molecule has 19 heavy (non-hydrogen) atoms. The fraction of sp³-hybridized carbons (Fsp3) is 0.231. The number of hydrogen-bond donors (Lipinski definition) is 0. The van der Waals surface area contributed by atoms with Crippen molar-refractivity contribution in [3.8, 4) is 0 Å². The first kappa shape index (κ1) is 13.6. The summed E-state index contributed by atoms with van der Waals surface area (Å²) in [5.41, 5.74) is 0.890. The zero-order valence-electron chi connectivity index (χ0n) is 10.4. The Hall–Kier alpha value is -1.82. The second-order valence-corrected chi connectivity index (χ2v) is 5.01. The zero-order valence-corrected chi connectivity index (χ0v) is 11.2. The molecule has 0 spiro atoms. The van der Waals surface area contributed by atoms with Crippen LogP contribution in [0.15, 0.2) is 18.2 Å². The maximum Gasteiger partial charge on any atom is 0.349 e. The number of carbonyl (C=O) groups excluding carboxylic acids is 1. The lowest BCUT2D eigenvalue weighted by Crippen LogP contribution is -1.99. The molecule has 100 valence electrons. The molecule has 0 fully saturated rings. The largest absolute Gasteiger partial charge is 0.465 e. The van der Waals surface area contributed by atoms with E-state index in [-0.39, 0.29) is 6.42 Å². The molecule has 0 bridgehead atoms. The number of benzene rings is 1. The van der Waals surface area contributed by atoms with E-state index < -0.39 is 17.6 Å². The number of aryl methyl sites for hydroxylation is 1. The van der Waals surface area contributed by atoms with Gasteiger partial charge in [0.15, 0.2) is 0 Å². The van der Waals surface area contributed by atoms with E-state index in [1.165, 1.54) is 19.2 Å². The summed E-state index contributed by atoms with van der Waals surface area (Å²) in [6, 6.07) is 3.40. The normalized spacial score (nSPS) is 10.5. The Morgan fingerprint density at radius 3 is 2.79 bits per heavy atom. The van der Waals surface area contributed by atoms with E-state index in [4.69, 9.17) is 0 Å². The van der Waals surface area contributed by atoms with Gasteiger partial charge in [0.1, 0.15) is 16.5 Å². The lowest BCUT2D eigenvalue weighted by atomic mass is 10.1. The number of halogens is 2. The molecule has 0 aliphatic rings. The molecule has 0 saturated carbocycles. The van der Waals surface area contributed by atoms with Crippen LogP contribution in [0.2, 0.25) is 0 Å². The van der Waals surface area contributed by atoms with Crippen LogP contribution in [-0.4, -0.2) is 18.1 Å². The van der Waals surface area contributed by atoms with E-state index in [1.54, 1.807) is 6.92 Å². The van der Waals surface area contributed by atoms with Gasteiger partial charge in [-0.15, -0.1) is 11.3 Å². The topological polar surface area (TPSA) is 39.2 Å². The van der Waals surface area contributed by atoms with Crippen LogP contribution in [0.3, 0.4) is 0 Å². The van der Waals surface area contributed by atoms with Gasteiger partial charge in [-0.1, -0.05) is 6.07 Å². The third-order valence-electron chi connectivity index (χ3n) is 2.57. The van der Waals surface area contributed by atoms with Crippen LogP contribution < -0.4 is 0 Å². The Morgan fingerprint density at radius 2 is 2.16 bits per heavy atom. The van der Waals surface area contributed by atoms with E-state index in [9.17, 15) is 13.6 Å². The summed E-state index contributed by atoms with van der Waals surface area (Å²) in [4.78, 5) is 16.0. The standard InChI is InChI=1S/C13H11F2NO2S/c1-7-12(13(17)18-2)19-11(16-7)5-8-3-4-9(14)6-10(8)15/h3-4,6H,5H2,1-2H3. The molecule has 0 atom stereocenters. The third-order valence-corrected chi connectivity index (χ3v) is 3.71. The molecule has 1 aromatic heterocycles. The number of esters is 1. The van der Waals surface area contributed by atoms with E-state index in [2.05, 4.69) is 9.72 Å². The van der Waals surface area contributed by atoms with Crippen LogP contribution in [0.5, 0.6) is 0 Å². The van der Waals surface area contributed by atoms with Gasteiger partial charge in [-0.2, -0.15) is 0 Å². The van der Waals surface area contributed by atoms with E-state index >= 15 is 0 Å². The van der Waals surface area contributed by atoms with Crippen molar-refractivity contribution in [1.82, 2.24) is 4.98 Å². The van der Waals surface area contributed by atoms with Crippen molar-refractivity contribution >= 4 is 17.3 Å². The Kier molecular flexibility index (Phi) is 3.90. The molecule has 0 radical (unpaired) electrons. The van der Waals surface area contributed by atoms with Gasteiger partial charge in [0, 0.05) is 12.5 Å². The van der Waals surface area contributed by atoms with Crippen LogP contribution in [0.25, 0.3) is 0 Å². The Balaban J connectivity index is 2.26. The Labute approximate surface area is 112 Å². The number of aromatic nitrogens is 1. The minimum atomic E-state index is -0.619. The quantitative estimate of drug-likeness (QED) is 0.812. The minimum absolute atomic E-state index is 0.217. The van der Waals surface area contributed by atoms with Crippen molar-refractivity contribution in [2.75, 3.05) is 7.11 Å². The molecule has 0 N–H and O–H groups in total. The zero-order chi connectivity index (χ0) is 14.0. The van der Waals surface area contributed by atoms with Crippen LogP contribution >= 0.6 is 11.3 Å². The fourth-order valence-electron chi connectivity index (χ4n) is 1.64. The molecule has 0 aliphatic carbocycles. The SMILES string of the molecule is COC(=O)c1sc(Cc2ccc(F)cc2F)nc1C. The van der Waals surface area contributed by atoms with Gasteiger partial charge in [-0.3, -0.25) is 0 Å². The summed E-state index contributed by atoms with van der Waals surface area (Å²) in [5.74, 6) is -1.69. The first-order valence-electron chi connectivity index (χ1n) is 5.50. The maximum atomic E-state index is 13.5. The van der Waals surface area contributed by atoms with Crippen molar-refractivity contribution < 1.29 is 18.3 Å². The van der Waals surface area contributed by atoms with Gasteiger partial charge in [-0.05, 0) is 18.6 Å². The molecular weight excluding hydrogens is 272 g/mol. The molecule has 1 aromatic carbocycles. The summed E-state index contributed by atoms with van der Waals surface area (Å²) >= 11 is 1.15. The number of rotatable bonds is 3. The number of nitrogens with zero attached hydrogens (tertiary/aromatic N) is 1. The molecule has 1 heterocycles. The van der Waals surface area contributed by atoms with Crippen molar-refractivity contribution in [1.29, 1.82) is 0 Å². The van der Waals surface area contributed by atoms with E-state index in [0.29, 0.717) is 21.1 Å². The second-order valence-electron chi connectivity index (χ2n) is 3.93. The van der Waals surface area contributed by atoms with Gasteiger partial charge < -0.3 is 4.74 Å². The molecular formula is C13H11F2NO2S. The van der Waals surface area contributed by atoms with Gasteiger partial charge in [0.05, 0.1) is 17.8 Å². The van der Waals surface area contributed by atoms with Crippen molar-refractivity contribution in [3.63, 3.8) is 0 Å². The molecule has 3 nitrogen and oxygen atoms in total. The summed E-state index contributed by atoms with van der Waals surface area (Å²) in [6.07, 6.45) is 0.217. The van der Waals surface area contributed by atoms with E-state index in [0.717, 1.165) is 17.4 Å². The molecule has 2 aromatic rings. The molecule has 0 aliphatic heterocycles. The highest BCUT2D eigenvalue weighted by Gasteiger charge is 2.16. The van der Waals surface area contributed by atoms with Crippen molar-refractivity contribution in [2.45, 2.75) is 13.3 Å². The predicted molar refractivity (Wildman–Crippen MR) is 67.4 cm³/mol. The predicted octanol–water partition coefficient (Wildman–Crippen LogP) is 3.11. The monoisotopic (exact) mass is 283 g/mol. The van der Waals surface area contributed by atoms with Crippen LogP contribution in [0, 0.1) is 18.6 Å². The maximum absolute atomic E-state index is 13.5. The number of ether oxygens (including phenoxy) is 1. The first-order chi connectivity index (χ1) is 9.01. The highest BCUT2D eigenvalue weighted by molar-refractivity contribution is 7.13. The Bertz CT molecular complexity index is 625. The third kappa shape index (κ3) is 2.96. The van der Waals surface area contributed by atoms with Gasteiger partial charge in [0.2, 0.25) is 0 Å². The molecule has 6 heteroatoms. The van der Waals surface area contributed by atoms with Gasteiger partial charge in [0.25, 0.3) is 0 Å². The molecule has 2 rings (SSSR count). The number of hydrogen-bond acceptors (Lipinski definition) is 4. The second kappa shape index (κ2) is 5.44. The van der Waals surface area contributed by atoms with Crippen LogP contribution in [0.4, 0.5) is 8.78 Å². The van der Waals surface area contributed by atoms with E-state index in [1.807, 2.05) is 0 Å². The minimum Gasteiger partial charge on any atom is -0.465 e. The molecule has 0 unspecified atom stereocenters. The lowest BCUT2D eigenvalue weighted by molar-refractivity contribution is 0.0605. The average molecular weight is 283 g/mol. The van der Waals surface area contributed by atoms with Crippen molar-refractivity contribution in [2.24, 2.45) is 0 Å². The fourth-order valence-corrected chi connectivity index (χ4v) is 2.64. The smallest absolute Gasteiger partial charge is 0.349 e. The number of methoxy groups -OCH3 is 1. The number of carbonyl (C=O) groups is 1. The van der Waals surface area contributed by atoms with Crippen LogP contribution in [-0.2, 0) is 11.2 Å². The van der Waals surface area contributed by atoms with Gasteiger partial charge >= 0.3 is 5.97 Å². The first-order valence-corrected chi connectivity index (χ1v) is 6.31. The van der Waals surface area contributed by atoms with Crippen molar-refractivity contribution in [3.05, 3.63) is 51.0 Å². The molecule has 0 amide bonds. The average Bonchev–Trinajstić information content (AvgIpc) is 2.73. The Morgan fingerprint density at radius 1 is 1.42 bits per heavy atom. The van der Waals surface area contributed by atoms with Gasteiger partial charge in [-0.25, -0.2) is 18.6 Å². The molecule has 0 saturated heterocycles. The summed E-state index contributed by atoms with van der Waals surface area (Å²) in [6.45, 7) is 1.69. The highest BCUT2D eigenvalue weighted by Crippen LogP contribution is 2.22. The summed E-state index contributed by atoms with van der Waals surface area (Å²) in [7, 11) is 1.29. The summed E-state index contributed by atoms with van der Waals surface area (Å²) in [5, 5.41) is 0.586. The highest BCUT2D eigenvalue weighted by atomic mass is 32.1. The summed E-state index contributed by atoms with van der Waals surface area (Å²) < 4.78 is 30.9.